The molecular weight excluding hydrogens is 253 g/mol. The molecule has 1 N–H and O–H groups in total. The summed E-state index contributed by atoms with van der Waals surface area (Å²) in [6, 6.07) is 3.88. The van der Waals surface area contributed by atoms with Gasteiger partial charge in [-0.15, -0.1) is 0 Å². The van der Waals surface area contributed by atoms with Gasteiger partial charge in [0.1, 0.15) is 11.6 Å². The van der Waals surface area contributed by atoms with Crippen LogP contribution in [0.4, 0.5) is 10.1 Å². The summed E-state index contributed by atoms with van der Waals surface area (Å²) in [5.41, 5.74) is 0.288. The summed E-state index contributed by atoms with van der Waals surface area (Å²) in [5, 5.41) is 8.71. The summed E-state index contributed by atoms with van der Waals surface area (Å²) < 4.78 is 18.7. The Morgan fingerprint density at radius 3 is 2.89 bits per heavy atom. The molecule has 6 heteroatoms. The van der Waals surface area contributed by atoms with Gasteiger partial charge in [0.25, 0.3) is 5.91 Å². The molecule has 102 valence electrons. The van der Waals surface area contributed by atoms with E-state index in [1.165, 1.54) is 23.1 Å². The molecule has 19 heavy (non-hydrogen) atoms. The van der Waals surface area contributed by atoms with Gasteiger partial charge in [-0.05, 0) is 18.6 Å². The number of carbonyl (C=O) groups excluding carboxylic acids is 1. The van der Waals surface area contributed by atoms with E-state index in [4.69, 9.17) is 9.84 Å². The topological polar surface area (TPSA) is 66.8 Å². The summed E-state index contributed by atoms with van der Waals surface area (Å²) >= 11 is 0. The molecule has 1 aromatic carbocycles. The van der Waals surface area contributed by atoms with E-state index in [0.29, 0.717) is 12.2 Å². The minimum Gasteiger partial charge on any atom is -0.481 e. The highest BCUT2D eigenvalue weighted by molar-refractivity contribution is 6.00. The number of carboxylic acid groups (broad SMARTS) is 1. The SMILES string of the molecule is CCC1Oc2ccc(F)cc2N(CCC(=O)O)C1=O. The number of rotatable bonds is 4. The van der Waals surface area contributed by atoms with Gasteiger partial charge in [-0.1, -0.05) is 6.92 Å². The van der Waals surface area contributed by atoms with Gasteiger partial charge >= 0.3 is 5.97 Å². The molecular formula is C13H14FNO4. The number of carboxylic acids is 1. The second-order valence-electron chi connectivity index (χ2n) is 4.26. The van der Waals surface area contributed by atoms with Crippen molar-refractivity contribution in [2.75, 3.05) is 11.4 Å². The lowest BCUT2D eigenvalue weighted by molar-refractivity contribution is -0.136. The van der Waals surface area contributed by atoms with Crippen molar-refractivity contribution in [2.45, 2.75) is 25.9 Å². The number of ether oxygens (including phenoxy) is 1. The number of hydrogen-bond acceptors (Lipinski definition) is 3. The van der Waals surface area contributed by atoms with Gasteiger partial charge < -0.3 is 14.7 Å². The summed E-state index contributed by atoms with van der Waals surface area (Å²) in [6.07, 6.45) is -0.371. The van der Waals surface area contributed by atoms with Crippen molar-refractivity contribution in [3.8, 4) is 5.75 Å². The van der Waals surface area contributed by atoms with Crippen molar-refractivity contribution >= 4 is 17.6 Å². The van der Waals surface area contributed by atoms with Gasteiger partial charge in [-0.3, -0.25) is 9.59 Å². The molecule has 1 aliphatic heterocycles. The molecule has 0 aromatic heterocycles. The highest BCUT2D eigenvalue weighted by atomic mass is 19.1. The molecule has 0 saturated carbocycles. The summed E-state index contributed by atoms with van der Waals surface area (Å²) in [5.74, 6) is -1.43. The van der Waals surface area contributed by atoms with Crippen LogP contribution in [0, 0.1) is 5.82 Å². The maximum Gasteiger partial charge on any atom is 0.305 e. The van der Waals surface area contributed by atoms with Crippen molar-refractivity contribution in [3.63, 3.8) is 0 Å². The van der Waals surface area contributed by atoms with E-state index in [2.05, 4.69) is 0 Å². The Morgan fingerprint density at radius 2 is 2.26 bits per heavy atom. The summed E-state index contributed by atoms with van der Waals surface area (Å²) in [4.78, 5) is 24.0. The highest BCUT2D eigenvalue weighted by Crippen LogP contribution is 2.35. The Labute approximate surface area is 109 Å². The van der Waals surface area contributed by atoms with Crippen LogP contribution < -0.4 is 9.64 Å². The van der Waals surface area contributed by atoms with Gasteiger partial charge in [0.15, 0.2) is 6.10 Å². The van der Waals surface area contributed by atoms with Crippen LogP contribution >= 0.6 is 0 Å². The highest BCUT2D eigenvalue weighted by Gasteiger charge is 2.33. The molecule has 0 bridgehead atoms. The third-order valence-electron chi connectivity index (χ3n) is 2.94. The minimum atomic E-state index is -1.01. The fourth-order valence-electron chi connectivity index (χ4n) is 1.99. The van der Waals surface area contributed by atoms with E-state index in [1.54, 1.807) is 6.92 Å². The molecule has 1 unspecified atom stereocenters. The van der Waals surface area contributed by atoms with Crippen molar-refractivity contribution < 1.29 is 23.8 Å². The molecule has 5 nitrogen and oxygen atoms in total. The average molecular weight is 267 g/mol. The van der Waals surface area contributed by atoms with Crippen LogP contribution in [0.15, 0.2) is 18.2 Å². The van der Waals surface area contributed by atoms with Gasteiger partial charge in [0, 0.05) is 12.6 Å². The zero-order valence-electron chi connectivity index (χ0n) is 10.4. The van der Waals surface area contributed by atoms with Crippen LogP contribution in [0.2, 0.25) is 0 Å². The fourth-order valence-corrected chi connectivity index (χ4v) is 1.99. The lowest BCUT2D eigenvalue weighted by atomic mass is 10.1. The Balaban J connectivity index is 2.35. The van der Waals surface area contributed by atoms with Gasteiger partial charge in [0.05, 0.1) is 12.1 Å². The van der Waals surface area contributed by atoms with E-state index in [9.17, 15) is 14.0 Å². The van der Waals surface area contributed by atoms with E-state index < -0.39 is 17.9 Å². The standard InChI is InChI=1S/C13H14FNO4/c1-2-10-13(18)15(6-5-12(16)17)9-7-8(14)3-4-11(9)19-10/h3-4,7,10H,2,5-6H2,1H3,(H,16,17). The van der Waals surface area contributed by atoms with Crippen molar-refractivity contribution in [1.29, 1.82) is 0 Å². The number of amides is 1. The summed E-state index contributed by atoms with van der Waals surface area (Å²) in [7, 11) is 0. The first-order valence-corrected chi connectivity index (χ1v) is 6.02. The zero-order chi connectivity index (χ0) is 14.0. The monoisotopic (exact) mass is 267 g/mol. The summed E-state index contributed by atoms with van der Waals surface area (Å²) in [6.45, 7) is 1.80. The fraction of sp³-hybridized carbons (Fsp3) is 0.385. The number of nitrogens with zero attached hydrogens (tertiary/aromatic N) is 1. The Kier molecular flexibility index (Phi) is 3.69. The molecule has 2 rings (SSSR count). The second kappa shape index (κ2) is 5.26. The Hall–Kier alpha value is -2.11. The molecule has 1 heterocycles. The quantitative estimate of drug-likeness (QED) is 0.903. The Bertz CT molecular complexity index is 517. The van der Waals surface area contributed by atoms with E-state index in [0.717, 1.165) is 0 Å². The van der Waals surface area contributed by atoms with E-state index in [-0.39, 0.29) is 24.6 Å². The molecule has 0 aliphatic carbocycles. The maximum absolute atomic E-state index is 13.3. The number of anilines is 1. The molecule has 0 spiro atoms. The number of hydrogen-bond donors (Lipinski definition) is 1. The first-order chi connectivity index (χ1) is 9.02. The van der Waals surface area contributed by atoms with Crippen molar-refractivity contribution in [3.05, 3.63) is 24.0 Å². The normalized spacial score (nSPS) is 17.9. The number of carbonyl (C=O) groups is 2. The zero-order valence-corrected chi connectivity index (χ0v) is 10.4. The third kappa shape index (κ3) is 2.67. The number of halogens is 1. The number of aliphatic carboxylic acids is 1. The van der Waals surface area contributed by atoms with Crippen LogP contribution in [-0.2, 0) is 9.59 Å². The minimum absolute atomic E-state index is 0.00444. The number of fused-ring (bicyclic) bond motifs is 1. The van der Waals surface area contributed by atoms with Crippen LogP contribution in [0.1, 0.15) is 19.8 Å². The van der Waals surface area contributed by atoms with Gasteiger partial charge in [-0.2, -0.15) is 0 Å². The van der Waals surface area contributed by atoms with E-state index in [1.807, 2.05) is 0 Å². The van der Waals surface area contributed by atoms with Crippen LogP contribution in [0.25, 0.3) is 0 Å². The molecule has 0 fully saturated rings. The first-order valence-electron chi connectivity index (χ1n) is 6.02. The lowest BCUT2D eigenvalue weighted by Crippen LogP contribution is -2.46. The van der Waals surface area contributed by atoms with Crippen molar-refractivity contribution in [1.82, 2.24) is 0 Å². The smallest absolute Gasteiger partial charge is 0.305 e. The molecule has 1 amide bonds. The maximum atomic E-state index is 13.3. The van der Waals surface area contributed by atoms with Crippen LogP contribution in [0.5, 0.6) is 5.75 Å². The predicted molar refractivity (Wildman–Crippen MR) is 65.7 cm³/mol. The van der Waals surface area contributed by atoms with Crippen LogP contribution in [0.3, 0.4) is 0 Å². The Morgan fingerprint density at radius 1 is 1.53 bits per heavy atom. The molecule has 1 atom stereocenters. The lowest BCUT2D eigenvalue weighted by Gasteiger charge is -2.33. The van der Waals surface area contributed by atoms with Gasteiger partial charge in [-0.25, -0.2) is 4.39 Å². The number of benzene rings is 1. The van der Waals surface area contributed by atoms with Crippen LogP contribution in [-0.4, -0.2) is 29.6 Å². The van der Waals surface area contributed by atoms with Crippen molar-refractivity contribution in [2.24, 2.45) is 0 Å². The van der Waals surface area contributed by atoms with E-state index >= 15 is 0 Å². The molecule has 0 radical (unpaired) electrons. The second-order valence-corrected chi connectivity index (χ2v) is 4.26. The third-order valence-corrected chi connectivity index (χ3v) is 2.94. The molecule has 0 saturated heterocycles. The molecule has 1 aromatic rings. The average Bonchev–Trinajstić information content (AvgIpc) is 2.37. The first kappa shape index (κ1) is 13.3. The predicted octanol–water partition coefficient (Wildman–Crippen LogP) is 1.80. The largest absolute Gasteiger partial charge is 0.481 e. The molecule has 1 aliphatic rings. The van der Waals surface area contributed by atoms with Gasteiger partial charge in [0.2, 0.25) is 0 Å².